The number of carbonyl (C=O) groups excluding carboxylic acids is 2. The summed E-state index contributed by atoms with van der Waals surface area (Å²) in [5.74, 6) is 0.269. The van der Waals surface area contributed by atoms with Gasteiger partial charge in [-0.05, 0) is 42.6 Å². The van der Waals surface area contributed by atoms with Crippen molar-refractivity contribution < 1.29 is 14.3 Å². The number of nitrogens with one attached hydrogen (secondary N) is 1. The van der Waals surface area contributed by atoms with Crippen LogP contribution in [-0.4, -0.2) is 36.9 Å². The van der Waals surface area contributed by atoms with Crippen LogP contribution in [0.4, 0.5) is 5.00 Å². The lowest BCUT2D eigenvalue weighted by atomic mass is 10.0. The number of amides is 2. The Hall–Kier alpha value is -2.09. The number of hydrogen-bond donors (Lipinski definition) is 2. The van der Waals surface area contributed by atoms with Gasteiger partial charge in [-0.2, -0.15) is 0 Å². The summed E-state index contributed by atoms with van der Waals surface area (Å²) in [7, 11) is 2.03. The number of carbonyl (C=O) groups is 2. The molecule has 0 bridgehead atoms. The summed E-state index contributed by atoms with van der Waals surface area (Å²) in [6.07, 6.45) is 0.759. The van der Waals surface area contributed by atoms with Gasteiger partial charge in [0.2, 0.25) is 0 Å². The molecule has 6 nitrogen and oxygen atoms in total. The van der Waals surface area contributed by atoms with Gasteiger partial charge in [-0.25, -0.2) is 0 Å². The molecule has 1 aliphatic heterocycles. The molecule has 0 saturated carbocycles. The third kappa shape index (κ3) is 5.04. The molecule has 1 aromatic heterocycles. The Kier molecular flexibility index (Phi) is 7.46. The van der Waals surface area contributed by atoms with E-state index in [1.807, 2.05) is 31.3 Å². The van der Waals surface area contributed by atoms with Crippen LogP contribution in [0.15, 0.2) is 24.3 Å². The molecule has 3 N–H and O–H groups in total. The molecule has 1 aliphatic rings. The minimum Gasteiger partial charge on any atom is -0.484 e. The fraction of sp³-hybridized carbons (Fsp3) is 0.400. The largest absolute Gasteiger partial charge is 0.484 e. The van der Waals surface area contributed by atoms with Crippen LogP contribution in [0.1, 0.15) is 46.1 Å². The zero-order valence-corrected chi connectivity index (χ0v) is 17.9. The topological polar surface area (TPSA) is 84.7 Å². The Labute approximate surface area is 175 Å². The van der Waals surface area contributed by atoms with Crippen LogP contribution in [0, 0.1) is 0 Å². The number of thiophene rings is 1. The first-order valence-electron chi connectivity index (χ1n) is 9.00. The van der Waals surface area contributed by atoms with Gasteiger partial charge in [0.05, 0.1) is 5.56 Å². The maximum atomic E-state index is 12.3. The maximum absolute atomic E-state index is 12.3. The van der Waals surface area contributed by atoms with E-state index in [2.05, 4.69) is 24.1 Å². The standard InChI is InChI=1S/C20H25N3O3S.ClH/c1-12(2)13-4-6-14(7-5-13)26-11-17(24)22-20-18(19(21)25)15-8-9-23(3)10-16(15)27-20;/h4-7,12H,8-11H2,1-3H3,(H2,21,25)(H,22,24);1H. The van der Waals surface area contributed by atoms with E-state index in [0.717, 1.165) is 30.0 Å². The number of rotatable bonds is 6. The van der Waals surface area contributed by atoms with Gasteiger partial charge in [-0.1, -0.05) is 26.0 Å². The summed E-state index contributed by atoms with van der Waals surface area (Å²) in [4.78, 5) is 27.5. The average molecular weight is 424 g/mol. The molecule has 8 heteroatoms. The lowest BCUT2D eigenvalue weighted by Gasteiger charge is -2.22. The summed E-state index contributed by atoms with van der Waals surface area (Å²) in [5, 5.41) is 3.32. The number of nitrogens with zero attached hydrogens (tertiary/aromatic N) is 1. The van der Waals surface area contributed by atoms with Crippen molar-refractivity contribution in [3.05, 3.63) is 45.8 Å². The Morgan fingerprint density at radius 1 is 1.29 bits per heavy atom. The van der Waals surface area contributed by atoms with Crippen molar-refractivity contribution in [1.82, 2.24) is 4.90 Å². The molecule has 3 rings (SSSR count). The summed E-state index contributed by atoms with van der Waals surface area (Å²) < 4.78 is 5.56. The van der Waals surface area contributed by atoms with Crippen LogP contribution in [0.3, 0.4) is 0 Å². The predicted molar refractivity (Wildman–Crippen MR) is 115 cm³/mol. The first kappa shape index (κ1) is 22.2. The Morgan fingerprint density at radius 2 is 1.96 bits per heavy atom. The lowest BCUT2D eigenvalue weighted by molar-refractivity contribution is -0.118. The smallest absolute Gasteiger partial charge is 0.262 e. The van der Waals surface area contributed by atoms with Gasteiger partial charge in [0.1, 0.15) is 10.8 Å². The minimum absolute atomic E-state index is 0. The molecule has 1 aromatic carbocycles. The van der Waals surface area contributed by atoms with Crippen LogP contribution >= 0.6 is 23.7 Å². The third-order valence-corrected chi connectivity index (χ3v) is 5.80. The number of halogens is 1. The molecule has 0 fully saturated rings. The quantitative estimate of drug-likeness (QED) is 0.745. The van der Waals surface area contributed by atoms with E-state index in [0.29, 0.717) is 22.2 Å². The minimum atomic E-state index is -0.502. The molecule has 2 aromatic rings. The molecular formula is C20H26ClN3O3S. The van der Waals surface area contributed by atoms with E-state index < -0.39 is 5.91 Å². The maximum Gasteiger partial charge on any atom is 0.262 e. The van der Waals surface area contributed by atoms with Crippen LogP contribution in [0.2, 0.25) is 0 Å². The number of ether oxygens (including phenoxy) is 1. The summed E-state index contributed by atoms with van der Waals surface area (Å²) >= 11 is 1.42. The molecule has 0 aliphatic carbocycles. The van der Waals surface area contributed by atoms with E-state index in [9.17, 15) is 9.59 Å². The monoisotopic (exact) mass is 423 g/mol. The summed E-state index contributed by atoms with van der Waals surface area (Å²) in [5.41, 5.74) is 8.19. The first-order valence-corrected chi connectivity index (χ1v) is 9.82. The summed E-state index contributed by atoms with van der Waals surface area (Å²) in [6.45, 7) is 5.75. The number of nitrogens with two attached hydrogens (primary N) is 1. The van der Waals surface area contributed by atoms with Crippen molar-refractivity contribution in [2.45, 2.75) is 32.7 Å². The first-order chi connectivity index (χ1) is 12.8. The lowest BCUT2D eigenvalue weighted by Crippen LogP contribution is -2.27. The number of benzene rings is 1. The second kappa shape index (κ2) is 9.41. The van der Waals surface area contributed by atoms with Crippen LogP contribution in [-0.2, 0) is 17.8 Å². The third-order valence-electron chi connectivity index (χ3n) is 4.66. The van der Waals surface area contributed by atoms with Crippen molar-refractivity contribution >= 4 is 40.6 Å². The van der Waals surface area contributed by atoms with Gasteiger partial charge in [-0.15, -0.1) is 23.7 Å². The van der Waals surface area contributed by atoms with Gasteiger partial charge < -0.3 is 20.7 Å². The highest BCUT2D eigenvalue weighted by Crippen LogP contribution is 2.36. The Morgan fingerprint density at radius 3 is 2.57 bits per heavy atom. The number of anilines is 1. The van der Waals surface area contributed by atoms with Crippen LogP contribution in [0.25, 0.3) is 0 Å². The average Bonchev–Trinajstić information content (AvgIpc) is 2.97. The van der Waals surface area contributed by atoms with Crippen molar-refractivity contribution in [3.63, 3.8) is 0 Å². The number of primary amides is 1. The molecule has 2 amide bonds. The SMILES string of the molecule is CC(C)c1ccc(OCC(=O)Nc2sc3c(c2C(N)=O)CCN(C)C3)cc1.Cl. The van der Waals surface area contributed by atoms with Gasteiger partial charge in [-0.3, -0.25) is 9.59 Å². The van der Waals surface area contributed by atoms with E-state index in [1.54, 1.807) is 0 Å². The fourth-order valence-electron chi connectivity index (χ4n) is 3.14. The fourth-order valence-corrected chi connectivity index (χ4v) is 4.49. The number of fused-ring (bicyclic) bond motifs is 1. The molecule has 152 valence electrons. The van der Waals surface area contributed by atoms with Gasteiger partial charge in [0.15, 0.2) is 6.61 Å². The van der Waals surface area contributed by atoms with Gasteiger partial charge >= 0.3 is 0 Å². The molecule has 0 unspecified atom stereocenters. The van der Waals surface area contributed by atoms with Crippen molar-refractivity contribution in [2.75, 3.05) is 25.5 Å². The van der Waals surface area contributed by atoms with E-state index in [1.165, 1.54) is 16.9 Å². The molecule has 0 spiro atoms. The van der Waals surface area contributed by atoms with Crippen molar-refractivity contribution in [2.24, 2.45) is 5.73 Å². The molecular weight excluding hydrogens is 398 g/mol. The van der Waals surface area contributed by atoms with Gasteiger partial charge in [0, 0.05) is 18.0 Å². The van der Waals surface area contributed by atoms with Crippen LogP contribution < -0.4 is 15.8 Å². The molecule has 0 atom stereocenters. The highest BCUT2D eigenvalue weighted by molar-refractivity contribution is 7.17. The highest BCUT2D eigenvalue weighted by atomic mass is 35.5. The highest BCUT2D eigenvalue weighted by Gasteiger charge is 2.26. The molecule has 2 heterocycles. The second-order valence-electron chi connectivity index (χ2n) is 7.12. The zero-order chi connectivity index (χ0) is 19.6. The second-order valence-corrected chi connectivity index (χ2v) is 8.23. The van der Waals surface area contributed by atoms with Crippen molar-refractivity contribution in [1.29, 1.82) is 0 Å². The predicted octanol–water partition coefficient (Wildman–Crippen LogP) is 3.40. The number of hydrogen-bond acceptors (Lipinski definition) is 5. The summed E-state index contributed by atoms with van der Waals surface area (Å²) in [6, 6.07) is 7.70. The number of likely N-dealkylation sites (N-methyl/N-ethyl adjacent to an activating group) is 1. The van der Waals surface area contributed by atoms with E-state index >= 15 is 0 Å². The van der Waals surface area contributed by atoms with E-state index in [4.69, 9.17) is 10.5 Å². The molecule has 0 radical (unpaired) electrons. The Bertz CT molecular complexity index is 849. The zero-order valence-electron chi connectivity index (χ0n) is 16.3. The van der Waals surface area contributed by atoms with Gasteiger partial charge in [0.25, 0.3) is 11.8 Å². The van der Waals surface area contributed by atoms with Crippen molar-refractivity contribution in [3.8, 4) is 5.75 Å². The molecule has 0 saturated heterocycles. The van der Waals surface area contributed by atoms with E-state index in [-0.39, 0.29) is 24.9 Å². The normalized spacial score (nSPS) is 13.6. The molecule has 28 heavy (non-hydrogen) atoms. The Balaban J connectivity index is 0.00000280. The van der Waals surface area contributed by atoms with Crippen LogP contribution in [0.5, 0.6) is 5.75 Å².